The summed E-state index contributed by atoms with van der Waals surface area (Å²) in [4.78, 5) is 14.4. The predicted octanol–water partition coefficient (Wildman–Crippen LogP) is 2.02. The monoisotopic (exact) mass is 226 g/mol. The second kappa shape index (κ2) is 5.17. The average molecular weight is 226 g/mol. The molecule has 2 unspecified atom stereocenters. The Hall–Kier alpha value is -0.570. The van der Waals surface area contributed by atoms with E-state index in [1.165, 1.54) is 0 Å². The van der Waals surface area contributed by atoms with Crippen molar-refractivity contribution in [3.63, 3.8) is 0 Å². The van der Waals surface area contributed by atoms with E-state index in [0.29, 0.717) is 12.0 Å². The first-order chi connectivity index (χ1) is 7.44. The summed E-state index contributed by atoms with van der Waals surface area (Å²) < 4.78 is 0. The minimum absolute atomic E-state index is 0.272. The van der Waals surface area contributed by atoms with Gasteiger partial charge in [-0.05, 0) is 38.6 Å². The lowest BCUT2D eigenvalue weighted by Gasteiger charge is -2.36. The van der Waals surface area contributed by atoms with Crippen molar-refractivity contribution < 1.29 is 4.79 Å². The second-order valence-electron chi connectivity index (χ2n) is 5.37. The lowest BCUT2D eigenvalue weighted by atomic mass is 9.91. The van der Waals surface area contributed by atoms with Gasteiger partial charge in [0.1, 0.15) is 0 Å². The molecule has 3 nitrogen and oxygen atoms in total. The number of nitrogens with zero attached hydrogens (tertiary/aromatic N) is 1. The third-order valence-corrected chi connectivity index (χ3v) is 4.15. The summed E-state index contributed by atoms with van der Waals surface area (Å²) in [6.45, 7) is 9.53. The number of carbonyl (C=O) groups is 1. The summed E-state index contributed by atoms with van der Waals surface area (Å²) in [6, 6.07) is 0.304. The van der Waals surface area contributed by atoms with Crippen LogP contribution in [-0.2, 0) is 4.79 Å². The van der Waals surface area contributed by atoms with Crippen molar-refractivity contribution >= 4 is 5.91 Å². The molecule has 0 aromatic heterocycles. The van der Waals surface area contributed by atoms with Crippen molar-refractivity contribution in [1.29, 1.82) is 0 Å². The molecule has 0 saturated carbocycles. The standard InChI is InChI=1S/C13H26N2O/c1-6-13(8-7-9-14-13)12(16)15(5)11(4)10(2)3/h10-11,14H,6-9H2,1-5H3. The fraction of sp³-hybridized carbons (Fsp3) is 0.923. The van der Waals surface area contributed by atoms with Crippen molar-refractivity contribution in [3.8, 4) is 0 Å². The summed E-state index contributed by atoms with van der Waals surface area (Å²) in [6.07, 6.45) is 2.99. The Balaban J connectivity index is 2.75. The zero-order valence-corrected chi connectivity index (χ0v) is 11.3. The number of rotatable bonds is 4. The van der Waals surface area contributed by atoms with Crippen LogP contribution in [0.4, 0.5) is 0 Å². The number of nitrogens with one attached hydrogen (secondary N) is 1. The zero-order valence-electron chi connectivity index (χ0n) is 11.3. The highest BCUT2D eigenvalue weighted by Gasteiger charge is 2.41. The van der Waals surface area contributed by atoms with Crippen LogP contribution in [0.5, 0.6) is 0 Å². The molecule has 1 amide bonds. The quantitative estimate of drug-likeness (QED) is 0.795. The lowest BCUT2D eigenvalue weighted by Crippen LogP contribution is -2.56. The van der Waals surface area contributed by atoms with Gasteiger partial charge in [0, 0.05) is 13.1 Å². The van der Waals surface area contributed by atoms with Gasteiger partial charge in [0.25, 0.3) is 0 Å². The van der Waals surface area contributed by atoms with Crippen molar-refractivity contribution in [2.24, 2.45) is 5.92 Å². The lowest BCUT2D eigenvalue weighted by molar-refractivity contribution is -0.139. The van der Waals surface area contributed by atoms with Gasteiger partial charge in [-0.25, -0.2) is 0 Å². The first-order valence-electron chi connectivity index (χ1n) is 6.47. The van der Waals surface area contributed by atoms with Crippen molar-refractivity contribution in [2.45, 2.75) is 58.5 Å². The second-order valence-corrected chi connectivity index (χ2v) is 5.37. The van der Waals surface area contributed by atoms with Gasteiger partial charge >= 0.3 is 0 Å². The molecule has 0 aromatic carbocycles. The molecule has 1 rings (SSSR count). The van der Waals surface area contributed by atoms with E-state index in [9.17, 15) is 4.79 Å². The fourth-order valence-corrected chi connectivity index (χ4v) is 2.41. The smallest absolute Gasteiger partial charge is 0.242 e. The highest BCUT2D eigenvalue weighted by Crippen LogP contribution is 2.26. The van der Waals surface area contributed by atoms with E-state index in [4.69, 9.17) is 0 Å². The number of hydrogen-bond donors (Lipinski definition) is 1. The van der Waals surface area contributed by atoms with Crippen LogP contribution >= 0.6 is 0 Å². The molecular formula is C13H26N2O. The fourth-order valence-electron chi connectivity index (χ4n) is 2.41. The summed E-state index contributed by atoms with van der Waals surface area (Å²) >= 11 is 0. The molecule has 2 atom stereocenters. The van der Waals surface area contributed by atoms with Crippen LogP contribution in [0, 0.1) is 5.92 Å². The van der Waals surface area contributed by atoms with Crippen LogP contribution in [0.25, 0.3) is 0 Å². The van der Waals surface area contributed by atoms with E-state index in [2.05, 4.69) is 33.0 Å². The van der Waals surface area contributed by atoms with Crippen LogP contribution in [0.2, 0.25) is 0 Å². The highest BCUT2D eigenvalue weighted by atomic mass is 16.2. The molecule has 0 aliphatic carbocycles. The van der Waals surface area contributed by atoms with Gasteiger partial charge < -0.3 is 10.2 Å². The minimum Gasteiger partial charge on any atom is -0.341 e. The Labute approximate surface area is 99.6 Å². The van der Waals surface area contributed by atoms with E-state index in [1.54, 1.807) is 0 Å². The maximum atomic E-state index is 12.5. The number of likely N-dealkylation sites (N-methyl/N-ethyl adjacent to an activating group) is 1. The summed E-state index contributed by atoms with van der Waals surface area (Å²) in [5.41, 5.74) is -0.280. The van der Waals surface area contributed by atoms with Crippen molar-refractivity contribution in [1.82, 2.24) is 10.2 Å². The van der Waals surface area contributed by atoms with E-state index in [-0.39, 0.29) is 11.4 Å². The molecule has 0 radical (unpaired) electrons. The van der Waals surface area contributed by atoms with Gasteiger partial charge in [0.05, 0.1) is 5.54 Å². The Morgan fingerprint density at radius 2 is 2.06 bits per heavy atom. The molecule has 94 valence electrons. The third kappa shape index (κ3) is 2.40. The summed E-state index contributed by atoms with van der Waals surface area (Å²) in [5, 5.41) is 3.40. The molecule has 0 aromatic rings. The van der Waals surface area contributed by atoms with Gasteiger partial charge in [-0.15, -0.1) is 0 Å². The number of amides is 1. The van der Waals surface area contributed by atoms with Crippen LogP contribution in [0.15, 0.2) is 0 Å². The molecule has 1 saturated heterocycles. The highest BCUT2D eigenvalue weighted by molar-refractivity contribution is 5.86. The zero-order chi connectivity index (χ0) is 12.3. The topological polar surface area (TPSA) is 32.3 Å². The first kappa shape index (κ1) is 13.5. The Morgan fingerprint density at radius 3 is 2.44 bits per heavy atom. The van der Waals surface area contributed by atoms with Gasteiger partial charge in [-0.3, -0.25) is 4.79 Å². The first-order valence-corrected chi connectivity index (χ1v) is 6.47. The number of hydrogen-bond acceptors (Lipinski definition) is 2. The average Bonchev–Trinajstić information content (AvgIpc) is 2.75. The van der Waals surface area contributed by atoms with Crippen molar-refractivity contribution in [3.05, 3.63) is 0 Å². The maximum absolute atomic E-state index is 12.5. The predicted molar refractivity (Wildman–Crippen MR) is 67.3 cm³/mol. The molecule has 0 bridgehead atoms. The molecule has 1 aliphatic heterocycles. The normalized spacial score (nSPS) is 27.1. The van der Waals surface area contributed by atoms with E-state index < -0.39 is 0 Å². The van der Waals surface area contributed by atoms with Gasteiger partial charge in [-0.2, -0.15) is 0 Å². The van der Waals surface area contributed by atoms with E-state index in [1.807, 2.05) is 11.9 Å². The molecule has 1 N–H and O–H groups in total. The minimum atomic E-state index is -0.280. The number of carbonyl (C=O) groups excluding carboxylic acids is 1. The van der Waals surface area contributed by atoms with E-state index in [0.717, 1.165) is 25.8 Å². The third-order valence-electron chi connectivity index (χ3n) is 4.15. The maximum Gasteiger partial charge on any atom is 0.242 e. The van der Waals surface area contributed by atoms with Crippen LogP contribution in [0.3, 0.4) is 0 Å². The van der Waals surface area contributed by atoms with Crippen LogP contribution < -0.4 is 5.32 Å². The van der Waals surface area contributed by atoms with Crippen molar-refractivity contribution in [2.75, 3.05) is 13.6 Å². The Morgan fingerprint density at radius 1 is 1.44 bits per heavy atom. The molecule has 3 heteroatoms. The molecule has 0 spiro atoms. The molecular weight excluding hydrogens is 200 g/mol. The van der Waals surface area contributed by atoms with Gasteiger partial charge in [0.15, 0.2) is 0 Å². The molecule has 1 fully saturated rings. The molecule has 1 aliphatic rings. The molecule has 16 heavy (non-hydrogen) atoms. The summed E-state index contributed by atoms with van der Waals surface area (Å²) in [7, 11) is 1.93. The SMILES string of the molecule is CCC1(C(=O)N(C)C(C)C(C)C)CCCN1. The summed E-state index contributed by atoms with van der Waals surface area (Å²) in [5.74, 6) is 0.776. The molecule has 1 heterocycles. The van der Waals surface area contributed by atoms with Gasteiger partial charge in [0.2, 0.25) is 5.91 Å². The van der Waals surface area contributed by atoms with Crippen LogP contribution in [-0.4, -0.2) is 36.0 Å². The Kier molecular flexibility index (Phi) is 4.36. The van der Waals surface area contributed by atoms with E-state index >= 15 is 0 Å². The largest absolute Gasteiger partial charge is 0.341 e. The van der Waals surface area contributed by atoms with Gasteiger partial charge in [-0.1, -0.05) is 20.8 Å². The van der Waals surface area contributed by atoms with Crippen LogP contribution in [0.1, 0.15) is 47.0 Å². The Bertz CT molecular complexity index is 244.